The van der Waals surface area contributed by atoms with E-state index in [4.69, 9.17) is 4.74 Å². The van der Waals surface area contributed by atoms with Gasteiger partial charge in [-0.15, -0.1) is 0 Å². The van der Waals surface area contributed by atoms with E-state index >= 15 is 0 Å². The van der Waals surface area contributed by atoms with Crippen molar-refractivity contribution in [3.05, 3.63) is 11.6 Å². The maximum Gasteiger partial charge on any atom is 0.126 e. The monoisotopic (exact) mass is 268 g/mol. The van der Waals surface area contributed by atoms with E-state index in [0.717, 1.165) is 12.8 Å². The summed E-state index contributed by atoms with van der Waals surface area (Å²) >= 11 is 0. The lowest BCUT2D eigenvalue weighted by Gasteiger charge is -2.51. The molecular weight excluding hydrogens is 244 g/mol. The number of aliphatic hydroxyl groups excluding tert-OH is 3. The Labute approximate surface area is 114 Å². The van der Waals surface area contributed by atoms with Crippen LogP contribution in [0.25, 0.3) is 0 Å². The van der Waals surface area contributed by atoms with Gasteiger partial charge < -0.3 is 20.1 Å². The molecule has 1 saturated carbocycles. The second-order valence-electron chi connectivity index (χ2n) is 7.10. The number of aliphatic hydroxyl groups is 3. The molecule has 1 saturated heterocycles. The number of hydrogen-bond donors (Lipinski definition) is 3. The zero-order valence-electron chi connectivity index (χ0n) is 11.9. The Kier molecular flexibility index (Phi) is 2.72. The fourth-order valence-electron chi connectivity index (χ4n) is 4.37. The van der Waals surface area contributed by atoms with E-state index in [1.807, 2.05) is 13.0 Å². The van der Waals surface area contributed by atoms with Gasteiger partial charge in [0.2, 0.25) is 0 Å². The molecule has 6 atom stereocenters. The Hall–Kier alpha value is -0.420. The third-order valence-electron chi connectivity index (χ3n) is 6.24. The molecule has 4 heteroatoms. The van der Waals surface area contributed by atoms with Gasteiger partial charge in [0.25, 0.3) is 0 Å². The molecule has 1 spiro atoms. The highest BCUT2D eigenvalue weighted by atomic mass is 16.6. The highest BCUT2D eigenvalue weighted by Gasteiger charge is 2.75. The molecule has 0 amide bonds. The molecule has 108 valence electrons. The predicted octanol–water partition coefficient (Wildman–Crippen LogP) is 0.994. The number of allylic oxidation sites excluding steroid dienone is 1. The molecular formula is C15H24O4. The van der Waals surface area contributed by atoms with Crippen molar-refractivity contribution in [1.29, 1.82) is 0 Å². The van der Waals surface area contributed by atoms with Crippen molar-refractivity contribution in [1.82, 2.24) is 0 Å². The molecule has 3 N–H and O–H groups in total. The van der Waals surface area contributed by atoms with Gasteiger partial charge in [-0.05, 0) is 26.2 Å². The van der Waals surface area contributed by atoms with Gasteiger partial charge in [0.15, 0.2) is 0 Å². The number of rotatable bonds is 1. The number of epoxide rings is 1. The molecule has 0 aromatic heterocycles. The maximum absolute atomic E-state index is 10.6. The summed E-state index contributed by atoms with van der Waals surface area (Å²) in [5, 5.41) is 30.9. The van der Waals surface area contributed by atoms with Crippen molar-refractivity contribution in [2.45, 2.75) is 63.9 Å². The minimum absolute atomic E-state index is 0.374. The Bertz CT molecular complexity index is 428. The quantitative estimate of drug-likeness (QED) is 0.490. The molecule has 2 aliphatic carbocycles. The molecule has 4 nitrogen and oxygen atoms in total. The maximum atomic E-state index is 10.6. The Morgan fingerprint density at radius 1 is 1.26 bits per heavy atom. The summed E-state index contributed by atoms with van der Waals surface area (Å²) in [4.78, 5) is 0. The van der Waals surface area contributed by atoms with E-state index in [-0.39, 0.29) is 5.41 Å². The van der Waals surface area contributed by atoms with E-state index in [0.29, 0.717) is 13.0 Å². The summed E-state index contributed by atoms with van der Waals surface area (Å²) in [6.45, 7) is 6.63. The lowest BCUT2D eigenvalue weighted by Crippen LogP contribution is -2.54. The predicted molar refractivity (Wildman–Crippen MR) is 70.5 cm³/mol. The van der Waals surface area contributed by atoms with Crippen molar-refractivity contribution in [3.8, 4) is 0 Å². The normalized spacial score (nSPS) is 57.4. The number of ether oxygens (including phenoxy) is 1. The van der Waals surface area contributed by atoms with Crippen LogP contribution in [0, 0.1) is 10.8 Å². The minimum Gasteiger partial charge on any atom is -0.390 e. The molecule has 3 rings (SSSR count). The van der Waals surface area contributed by atoms with Crippen molar-refractivity contribution in [2.24, 2.45) is 10.8 Å². The van der Waals surface area contributed by atoms with Gasteiger partial charge in [-0.25, -0.2) is 0 Å². The van der Waals surface area contributed by atoms with E-state index in [1.165, 1.54) is 5.57 Å². The molecule has 0 bridgehead atoms. The van der Waals surface area contributed by atoms with Crippen molar-refractivity contribution < 1.29 is 20.1 Å². The molecule has 1 heterocycles. The minimum atomic E-state index is -0.839. The zero-order valence-corrected chi connectivity index (χ0v) is 11.9. The van der Waals surface area contributed by atoms with Gasteiger partial charge in [0, 0.05) is 10.8 Å². The van der Waals surface area contributed by atoms with Gasteiger partial charge in [-0.1, -0.05) is 25.5 Å². The van der Waals surface area contributed by atoms with Crippen LogP contribution in [0.5, 0.6) is 0 Å². The van der Waals surface area contributed by atoms with E-state index in [9.17, 15) is 15.3 Å². The van der Waals surface area contributed by atoms with Crippen LogP contribution in [-0.4, -0.2) is 45.8 Å². The standard InChI is InChI=1S/C15H24O4/c1-9-4-5-13(2,11(17)6-9)14(3)7-10(16)12(18)15(14)8-19-15/h6,10-12,16-18H,4-5,7-8H2,1-3H3/t10-,11?,12-,13+,14-,15?/m1/s1. The average Bonchev–Trinajstić information content (AvgIpc) is 3.11. The summed E-state index contributed by atoms with van der Waals surface area (Å²) in [6, 6.07) is 0. The van der Waals surface area contributed by atoms with E-state index < -0.39 is 29.3 Å². The molecule has 0 aromatic carbocycles. The molecule has 1 aliphatic heterocycles. The second-order valence-corrected chi connectivity index (χ2v) is 7.10. The summed E-state index contributed by atoms with van der Waals surface area (Å²) < 4.78 is 5.61. The van der Waals surface area contributed by atoms with Crippen LogP contribution in [-0.2, 0) is 4.74 Å². The molecule has 19 heavy (non-hydrogen) atoms. The van der Waals surface area contributed by atoms with Crippen LogP contribution >= 0.6 is 0 Å². The molecule has 2 unspecified atom stereocenters. The Balaban J connectivity index is 2.02. The lowest BCUT2D eigenvalue weighted by atomic mass is 9.54. The largest absolute Gasteiger partial charge is 0.390 e. The summed E-state index contributed by atoms with van der Waals surface area (Å²) in [5.41, 5.74) is -0.239. The summed E-state index contributed by atoms with van der Waals surface area (Å²) in [7, 11) is 0. The fourth-order valence-corrected chi connectivity index (χ4v) is 4.37. The highest BCUT2D eigenvalue weighted by molar-refractivity contribution is 5.27. The number of hydrogen-bond acceptors (Lipinski definition) is 4. The van der Waals surface area contributed by atoms with Crippen LogP contribution in [0.3, 0.4) is 0 Å². The molecule has 2 fully saturated rings. The van der Waals surface area contributed by atoms with Crippen molar-refractivity contribution in [2.75, 3.05) is 6.61 Å². The summed E-state index contributed by atoms with van der Waals surface area (Å²) in [6.07, 6.45) is 2.06. The fraction of sp³-hybridized carbons (Fsp3) is 0.867. The van der Waals surface area contributed by atoms with Gasteiger partial charge in [0.05, 0.1) is 18.8 Å². The van der Waals surface area contributed by atoms with Crippen LogP contribution in [0.15, 0.2) is 11.6 Å². The van der Waals surface area contributed by atoms with Gasteiger partial charge in [-0.3, -0.25) is 0 Å². The Morgan fingerprint density at radius 3 is 2.42 bits per heavy atom. The first kappa shape index (κ1) is 13.6. The van der Waals surface area contributed by atoms with Crippen LogP contribution < -0.4 is 0 Å². The molecule has 0 radical (unpaired) electrons. The first-order chi connectivity index (χ1) is 8.77. The van der Waals surface area contributed by atoms with Crippen LogP contribution in [0.4, 0.5) is 0 Å². The van der Waals surface area contributed by atoms with Crippen LogP contribution in [0.1, 0.15) is 40.0 Å². The van der Waals surface area contributed by atoms with Gasteiger partial charge in [0.1, 0.15) is 11.7 Å². The molecule has 0 aromatic rings. The average molecular weight is 268 g/mol. The Morgan fingerprint density at radius 2 is 1.89 bits per heavy atom. The summed E-state index contributed by atoms with van der Waals surface area (Å²) in [5.74, 6) is 0. The zero-order chi connectivity index (χ0) is 14.1. The SMILES string of the molecule is CC1=CC(O)[C@@](C)([C@@]2(C)C[C@@H](O)[C@@H](O)C23CO3)CC1. The van der Waals surface area contributed by atoms with Gasteiger partial charge in [-0.2, -0.15) is 0 Å². The first-order valence-electron chi connectivity index (χ1n) is 7.12. The third-order valence-corrected chi connectivity index (χ3v) is 6.24. The van der Waals surface area contributed by atoms with Crippen molar-refractivity contribution in [3.63, 3.8) is 0 Å². The topological polar surface area (TPSA) is 73.2 Å². The highest BCUT2D eigenvalue weighted by Crippen LogP contribution is 2.66. The van der Waals surface area contributed by atoms with Gasteiger partial charge >= 0.3 is 0 Å². The first-order valence-corrected chi connectivity index (χ1v) is 7.12. The van der Waals surface area contributed by atoms with Crippen LogP contribution in [0.2, 0.25) is 0 Å². The van der Waals surface area contributed by atoms with E-state index in [1.54, 1.807) is 0 Å². The second kappa shape index (κ2) is 3.82. The molecule has 3 aliphatic rings. The smallest absolute Gasteiger partial charge is 0.126 e. The lowest BCUT2D eigenvalue weighted by molar-refractivity contribution is -0.0924. The van der Waals surface area contributed by atoms with E-state index in [2.05, 4.69) is 13.8 Å². The van der Waals surface area contributed by atoms with Crippen molar-refractivity contribution >= 4 is 0 Å². The third kappa shape index (κ3) is 1.49.